The second kappa shape index (κ2) is 5.32. The van der Waals surface area contributed by atoms with Crippen LogP contribution in [-0.4, -0.2) is 23.5 Å². The molecule has 0 bridgehead atoms. The number of nitriles is 1. The van der Waals surface area contributed by atoms with E-state index >= 15 is 0 Å². The van der Waals surface area contributed by atoms with Gasteiger partial charge in [0.05, 0.1) is 12.0 Å². The van der Waals surface area contributed by atoms with Crippen LogP contribution in [0.3, 0.4) is 0 Å². The summed E-state index contributed by atoms with van der Waals surface area (Å²) in [5.41, 5.74) is 1.10. The van der Waals surface area contributed by atoms with E-state index in [4.69, 9.17) is 23.2 Å². The summed E-state index contributed by atoms with van der Waals surface area (Å²) in [6.07, 6.45) is 0. The normalized spacial score (nSPS) is 24.4. The summed E-state index contributed by atoms with van der Waals surface area (Å²) in [7, 11) is 0. The third kappa shape index (κ3) is 3.05. The smallest absolute Gasteiger partial charge is 0.0676 e. The molecule has 0 saturated carbocycles. The molecule has 0 spiro atoms. The molecular formula is C15H18Cl2N2. The van der Waals surface area contributed by atoms with E-state index in [0.717, 1.165) is 18.7 Å². The maximum Gasteiger partial charge on any atom is 0.0676 e. The van der Waals surface area contributed by atoms with E-state index in [1.807, 2.05) is 12.1 Å². The Kier molecular flexibility index (Phi) is 4.11. The van der Waals surface area contributed by atoms with Gasteiger partial charge in [0.2, 0.25) is 0 Å². The molecule has 1 aliphatic heterocycles. The zero-order valence-corrected chi connectivity index (χ0v) is 13.0. The second-order valence-electron chi connectivity index (χ2n) is 6.08. The van der Waals surface area contributed by atoms with E-state index in [2.05, 4.69) is 31.7 Å². The van der Waals surface area contributed by atoms with Gasteiger partial charge in [-0.25, -0.2) is 0 Å². The molecule has 4 heteroatoms. The first-order chi connectivity index (χ1) is 8.82. The van der Waals surface area contributed by atoms with Crippen molar-refractivity contribution in [1.82, 2.24) is 4.90 Å². The maximum atomic E-state index is 9.38. The Morgan fingerprint density at radius 2 is 1.95 bits per heavy atom. The SMILES string of the molecule is CC(C)(C)N1C[C@@H](C#N)[C@H](c2ccc(Cl)cc2Cl)C1. The van der Waals surface area contributed by atoms with Gasteiger partial charge in [-0.1, -0.05) is 29.3 Å². The minimum atomic E-state index is -0.0158. The molecule has 1 aromatic rings. The Labute approximate surface area is 124 Å². The Hall–Kier alpha value is -0.750. The summed E-state index contributed by atoms with van der Waals surface area (Å²) in [6, 6.07) is 7.97. The monoisotopic (exact) mass is 296 g/mol. The van der Waals surface area contributed by atoms with Crippen LogP contribution in [0.5, 0.6) is 0 Å². The summed E-state index contributed by atoms with van der Waals surface area (Å²) >= 11 is 12.2. The third-order valence-electron chi connectivity index (χ3n) is 3.80. The highest BCUT2D eigenvalue weighted by Crippen LogP contribution is 2.39. The van der Waals surface area contributed by atoms with Crippen LogP contribution in [0.2, 0.25) is 10.0 Å². The highest BCUT2D eigenvalue weighted by molar-refractivity contribution is 6.35. The summed E-state index contributed by atoms with van der Waals surface area (Å²) in [6.45, 7) is 8.18. The largest absolute Gasteiger partial charge is 0.297 e. The van der Waals surface area contributed by atoms with Gasteiger partial charge in [0.15, 0.2) is 0 Å². The fourth-order valence-electron chi connectivity index (χ4n) is 2.60. The van der Waals surface area contributed by atoms with Gasteiger partial charge in [0, 0.05) is 34.6 Å². The van der Waals surface area contributed by atoms with Gasteiger partial charge in [0.1, 0.15) is 0 Å². The van der Waals surface area contributed by atoms with Crippen LogP contribution in [0.1, 0.15) is 32.3 Å². The van der Waals surface area contributed by atoms with Crippen molar-refractivity contribution in [2.45, 2.75) is 32.2 Å². The lowest BCUT2D eigenvalue weighted by Crippen LogP contribution is -2.39. The van der Waals surface area contributed by atoms with Crippen LogP contribution in [0.4, 0.5) is 0 Å². The summed E-state index contributed by atoms with van der Waals surface area (Å²) in [5, 5.41) is 10.7. The molecule has 2 rings (SSSR count). The van der Waals surface area contributed by atoms with E-state index in [0.29, 0.717) is 10.0 Å². The summed E-state index contributed by atoms with van der Waals surface area (Å²) < 4.78 is 0. The van der Waals surface area contributed by atoms with Crippen LogP contribution in [0, 0.1) is 17.2 Å². The van der Waals surface area contributed by atoms with E-state index in [-0.39, 0.29) is 17.4 Å². The minimum Gasteiger partial charge on any atom is -0.297 e. The fraction of sp³-hybridized carbons (Fsp3) is 0.533. The van der Waals surface area contributed by atoms with Crippen molar-refractivity contribution in [1.29, 1.82) is 5.26 Å². The van der Waals surface area contributed by atoms with Crippen molar-refractivity contribution >= 4 is 23.2 Å². The van der Waals surface area contributed by atoms with Crippen molar-refractivity contribution in [3.8, 4) is 6.07 Å². The predicted molar refractivity (Wildman–Crippen MR) is 79.6 cm³/mol. The van der Waals surface area contributed by atoms with Crippen molar-refractivity contribution in [3.63, 3.8) is 0 Å². The minimum absolute atomic E-state index is 0.0158. The summed E-state index contributed by atoms with van der Waals surface area (Å²) in [4.78, 5) is 2.34. The van der Waals surface area contributed by atoms with Crippen molar-refractivity contribution in [3.05, 3.63) is 33.8 Å². The molecule has 1 fully saturated rings. The molecule has 1 aliphatic rings. The molecule has 0 radical (unpaired) electrons. The zero-order valence-electron chi connectivity index (χ0n) is 11.5. The van der Waals surface area contributed by atoms with Gasteiger partial charge in [-0.05, 0) is 38.5 Å². The van der Waals surface area contributed by atoms with E-state index in [1.165, 1.54) is 0 Å². The molecule has 0 aromatic heterocycles. The molecule has 0 aliphatic carbocycles. The highest BCUT2D eigenvalue weighted by Gasteiger charge is 2.39. The first-order valence-corrected chi connectivity index (χ1v) is 7.18. The highest BCUT2D eigenvalue weighted by atomic mass is 35.5. The van der Waals surface area contributed by atoms with Crippen LogP contribution in [-0.2, 0) is 0 Å². The van der Waals surface area contributed by atoms with Crippen LogP contribution < -0.4 is 0 Å². The Balaban J connectivity index is 2.31. The van der Waals surface area contributed by atoms with Crippen molar-refractivity contribution in [2.24, 2.45) is 5.92 Å². The molecule has 0 amide bonds. The topological polar surface area (TPSA) is 27.0 Å². The Morgan fingerprint density at radius 1 is 1.26 bits per heavy atom. The van der Waals surface area contributed by atoms with Gasteiger partial charge in [0.25, 0.3) is 0 Å². The number of likely N-dealkylation sites (tertiary alicyclic amines) is 1. The lowest BCUT2D eigenvalue weighted by molar-refractivity contribution is 0.170. The molecule has 0 N–H and O–H groups in total. The summed E-state index contributed by atoms with van der Waals surface area (Å²) in [5.74, 6) is 0.145. The lowest BCUT2D eigenvalue weighted by Gasteiger charge is -2.31. The second-order valence-corrected chi connectivity index (χ2v) is 6.93. The molecular weight excluding hydrogens is 279 g/mol. The van der Waals surface area contributed by atoms with Gasteiger partial charge in [-0.3, -0.25) is 4.90 Å². The number of rotatable bonds is 1. The van der Waals surface area contributed by atoms with E-state index < -0.39 is 0 Å². The number of nitrogens with zero attached hydrogens (tertiary/aromatic N) is 2. The number of halogens is 2. The van der Waals surface area contributed by atoms with Gasteiger partial charge < -0.3 is 0 Å². The lowest BCUT2D eigenvalue weighted by atomic mass is 9.90. The van der Waals surface area contributed by atoms with E-state index in [9.17, 15) is 5.26 Å². The van der Waals surface area contributed by atoms with Gasteiger partial charge in [-0.15, -0.1) is 0 Å². The standard InChI is InChI=1S/C15H18Cl2N2/c1-15(2,3)19-8-10(7-18)13(9-19)12-5-4-11(16)6-14(12)17/h4-6,10,13H,8-9H2,1-3H3/t10-,13-/m1/s1. The number of hydrogen-bond donors (Lipinski definition) is 0. The quantitative estimate of drug-likeness (QED) is 0.771. The Morgan fingerprint density at radius 3 is 2.47 bits per heavy atom. The fourth-order valence-corrected chi connectivity index (χ4v) is 3.15. The Bertz CT molecular complexity index is 514. The zero-order chi connectivity index (χ0) is 14.2. The van der Waals surface area contributed by atoms with Crippen molar-refractivity contribution in [2.75, 3.05) is 13.1 Å². The third-order valence-corrected chi connectivity index (χ3v) is 4.36. The molecule has 1 aromatic carbocycles. The van der Waals surface area contributed by atoms with Crippen LogP contribution in [0.15, 0.2) is 18.2 Å². The molecule has 0 unspecified atom stereocenters. The molecule has 19 heavy (non-hydrogen) atoms. The number of benzene rings is 1. The number of hydrogen-bond acceptors (Lipinski definition) is 2. The maximum absolute atomic E-state index is 9.38. The van der Waals surface area contributed by atoms with Crippen LogP contribution >= 0.6 is 23.2 Å². The molecule has 2 nitrogen and oxygen atoms in total. The molecule has 102 valence electrons. The predicted octanol–water partition coefficient (Wildman–Crippen LogP) is 4.33. The average Bonchev–Trinajstić information content (AvgIpc) is 2.72. The first kappa shape index (κ1) is 14.7. The first-order valence-electron chi connectivity index (χ1n) is 6.42. The molecule has 1 heterocycles. The van der Waals surface area contributed by atoms with Gasteiger partial charge in [-0.2, -0.15) is 5.26 Å². The molecule has 2 atom stereocenters. The van der Waals surface area contributed by atoms with E-state index in [1.54, 1.807) is 6.07 Å². The average molecular weight is 297 g/mol. The molecule has 1 saturated heterocycles. The van der Waals surface area contributed by atoms with Gasteiger partial charge >= 0.3 is 0 Å². The van der Waals surface area contributed by atoms with Crippen LogP contribution in [0.25, 0.3) is 0 Å². The van der Waals surface area contributed by atoms with Crippen molar-refractivity contribution < 1.29 is 0 Å².